The Balaban J connectivity index is 2.11. The summed E-state index contributed by atoms with van der Waals surface area (Å²) in [5.41, 5.74) is -0.929. The van der Waals surface area contributed by atoms with Crippen LogP contribution in [0.5, 0.6) is 0 Å². The fraction of sp³-hybridized carbons (Fsp3) is 0.462. The molecular formula is C13H15F2NO. The number of rotatable bonds is 1. The molecule has 92 valence electrons. The van der Waals surface area contributed by atoms with Crippen molar-refractivity contribution in [3.63, 3.8) is 0 Å². The summed E-state index contributed by atoms with van der Waals surface area (Å²) >= 11 is 0. The Kier molecular flexibility index (Phi) is 3.13. The molecule has 1 aromatic carbocycles. The van der Waals surface area contributed by atoms with E-state index >= 15 is 0 Å². The van der Waals surface area contributed by atoms with Gasteiger partial charge in [-0.1, -0.05) is 12.1 Å². The lowest BCUT2D eigenvalue weighted by molar-refractivity contribution is -0.131. The molecule has 0 spiro atoms. The molecule has 0 N–H and O–H groups in total. The fourth-order valence-corrected chi connectivity index (χ4v) is 2.21. The average molecular weight is 239 g/mol. The number of piperidine rings is 1. The number of carbonyl (C=O) groups is 1. The molecule has 17 heavy (non-hydrogen) atoms. The molecule has 1 fully saturated rings. The molecule has 0 saturated carbocycles. The lowest BCUT2D eigenvalue weighted by Crippen LogP contribution is -2.42. The van der Waals surface area contributed by atoms with Gasteiger partial charge in [0.1, 0.15) is 11.5 Å². The van der Waals surface area contributed by atoms with Crippen LogP contribution in [0.15, 0.2) is 24.3 Å². The zero-order valence-corrected chi connectivity index (χ0v) is 9.75. The van der Waals surface area contributed by atoms with E-state index in [2.05, 4.69) is 0 Å². The number of carbonyl (C=O) groups excluding carboxylic acids is 1. The Hall–Kier alpha value is -1.45. The summed E-state index contributed by atoms with van der Waals surface area (Å²) in [5, 5.41) is 0. The van der Waals surface area contributed by atoms with E-state index in [9.17, 15) is 13.6 Å². The van der Waals surface area contributed by atoms with Crippen LogP contribution in [0.1, 0.15) is 25.3 Å². The molecule has 0 unspecified atom stereocenters. The predicted octanol–water partition coefficient (Wildman–Crippen LogP) is 2.63. The summed E-state index contributed by atoms with van der Waals surface area (Å²) in [6.45, 7) is 2.33. The van der Waals surface area contributed by atoms with Gasteiger partial charge in [0.25, 0.3) is 0 Å². The highest BCUT2D eigenvalue weighted by Gasteiger charge is 2.36. The minimum atomic E-state index is -1.43. The number of amides is 1. The van der Waals surface area contributed by atoms with E-state index in [1.54, 1.807) is 4.90 Å². The van der Waals surface area contributed by atoms with Crippen LogP contribution in [0.2, 0.25) is 0 Å². The zero-order chi connectivity index (χ0) is 12.5. The van der Waals surface area contributed by atoms with Crippen molar-refractivity contribution >= 4 is 5.91 Å². The van der Waals surface area contributed by atoms with Crippen LogP contribution in [0, 0.1) is 5.82 Å². The third-order valence-electron chi connectivity index (χ3n) is 3.36. The monoisotopic (exact) mass is 239 g/mol. The predicted molar refractivity (Wildman–Crippen MR) is 60.7 cm³/mol. The Morgan fingerprint density at radius 2 is 1.76 bits per heavy atom. The highest BCUT2D eigenvalue weighted by molar-refractivity contribution is 5.73. The SMILES string of the molecule is CC(=O)N1CCC(F)(c2ccc(F)cc2)CC1. The summed E-state index contributed by atoms with van der Waals surface area (Å²) < 4.78 is 27.4. The van der Waals surface area contributed by atoms with Crippen LogP contribution in [0.4, 0.5) is 8.78 Å². The summed E-state index contributed by atoms with van der Waals surface area (Å²) in [5.74, 6) is -0.385. The lowest BCUT2D eigenvalue weighted by Gasteiger charge is -2.36. The molecular weight excluding hydrogens is 224 g/mol. The first-order valence-corrected chi connectivity index (χ1v) is 5.72. The molecule has 0 aliphatic carbocycles. The molecule has 1 amide bonds. The normalized spacial score (nSPS) is 19.1. The van der Waals surface area contributed by atoms with Gasteiger partial charge in [-0.25, -0.2) is 8.78 Å². The first-order chi connectivity index (χ1) is 8.01. The van der Waals surface area contributed by atoms with Crippen molar-refractivity contribution in [2.24, 2.45) is 0 Å². The molecule has 1 heterocycles. The highest BCUT2D eigenvalue weighted by atomic mass is 19.1. The van der Waals surface area contributed by atoms with Gasteiger partial charge >= 0.3 is 0 Å². The first kappa shape index (κ1) is 12.0. The second-order valence-corrected chi connectivity index (χ2v) is 4.48. The van der Waals surface area contributed by atoms with E-state index in [4.69, 9.17) is 0 Å². The van der Waals surface area contributed by atoms with Gasteiger partial charge in [0.05, 0.1) is 0 Å². The quantitative estimate of drug-likeness (QED) is 0.737. The third-order valence-corrected chi connectivity index (χ3v) is 3.36. The molecule has 1 aliphatic heterocycles. The third kappa shape index (κ3) is 2.46. The molecule has 2 nitrogen and oxygen atoms in total. The van der Waals surface area contributed by atoms with Crippen molar-refractivity contribution in [3.05, 3.63) is 35.6 Å². The van der Waals surface area contributed by atoms with Gasteiger partial charge in [0.15, 0.2) is 0 Å². The van der Waals surface area contributed by atoms with Crippen molar-refractivity contribution in [1.29, 1.82) is 0 Å². The minimum absolute atomic E-state index is 0.0221. The number of halogens is 2. The van der Waals surface area contributed by atoms with Gasteiger partial charge in [-0.15, -0.1) is 0 Å². The highest BCUT2D eigenvalue weighted by Crippen LogP contribution is 2.36. The largest absolute Gasteiger partial charge is 0.343 e. The van der Waals surface area contributed by atoms with Gasteiger partial charge in [-0.3, -0.25) is 4.79 Å². The van der Waals surface area contributed by atoms with Gasteiger partial charge in [-0.2, -0.15) is 0 Å². The van der Waals surface area contributed by atoms with Gasteiger partial charge in [-0.05, 0) is 17.7 Å². The number of hydrogen-bond acceptors (Lipinski definition) is 1. The molecule has 2 rings (SSSR count). The van der Waals surface area contributed by atoms with Crippen LogP contribution in [-0.4, -0.2) is 23.9 Å². The van der Waals surface area contributed by atoms with Crippen LogP contribution in [0.3, 0.4) is 0 Å². The summed E-state index contributed by atoms with van der Waals surface area (Å²) in [6.07, 6.45) is 0.552. The molecule has 0 atom stereocenters. The number of alkyl halides is 1. The Morgan fingerprint density at radius 3 is 2.24 bits per heavy atom. The summed E-state index contributed by atoms with van der Waals surface area (Å²) in [4.78, 5) is 12.8. The number of nitrogens with zero attached hydrogens (tertiary/aromatic N) is 1. The van der Waals surface area contributed by atoms with Gasteiger partial charge in [0, 0.05) is 32.9 Å². The second kappa shape index (κ2) is 4.43. The van der Waals surface area contributed by atoms with Crippen molar-refractivity contribution in [1.82, 2.24) is 4.90 Å². The van der Waals surface area contributed by atoms with E-state index in [0.717, 1.165) is 0 Å². The number of benzene rings is 1. The van der Waals surface area contributed by atoms with Crippen molar-refractivity contribution in [2.75, 3.05) is 13.1 Å². The standard InChI is InChI=1S/C13H15F2NO/c1-10(17)16-8-6-13(15,7-9-16)11-2-4-12(14)5-3-11/h2-5H,6-9H2,1H3. The van der Waals surface area contributed by atoms with E-state index in [0.29, 0.717) is 18.7 Å². The molecule has 0 radical (unpaired) electrons. The fourth-order valence-electron chi connectivity index (χ4n) is 2.21. The Labute approximate surface area is 99.2 Å². The van der Waals surface area contributed by atoms with Gasteiger partial charge < -0.3 is 4.90 Å². The van der Waals surface area contributed by atoms with Crippen LogP contribution >= 0.6 is 0 Å². The first-order valence-electron chi connectivity index (χ1n) is 5.72. The molecule has 0 aromatic heterocycles. The minimum Gasteiger partial charge on any atom is -0.343 e. The Bertz CT molecular complexity index is 408. The summed E-state index contributed by atoms with van der Waals surface area (Å²) in [7, 11) is 0. The lowest BCUT2D eigenvalue weighted by atomic mass is 9.86. The van der Waals surface area contributed by atoms with E-state index < -0.39 is 5.67 Å². The summed E-state index contributed by atoms with van der Waals surface area (Å²) in [6, 6.07) is 5.51. The van der Waals surface area contributed by atoms with Crippen LogP contribution in [-0.2, 0) is 10.5 Å². The Morgan fingerprint density at radius 1 is 1.24 bits per heavy atom. The molecule has 1 saturated heterocycles. The van der Waals surface area contributed by atoms with Crippen LogP contribution < -0.4 is 0 Å². The molecule has 1 aromatic rings. The van der Waals surface area contributed by atoms with Crippen molar-refractivity contribution in [3.8, 4) is 0 Å². The molecule has 4 heteroatoms. The maximum Gasteiger partial charge on any atom is 0.219 e. The molecule has 0 bridgehead atoms. The van der Waals surface area contributed by atoms with E-state index in [1.165, 1.54) is 31.2 Å². The molecule has 1 aliphatic rings. The van der Waals surface area contributed by atoms with E-state index in [-0.39, 0.29) is 24.6 Å². The van der Waals surface area contributed by atoms with E-state index in [1.807, 2.05) is 0 Å². The topological polar surface area (TPSA) is 20.3 Å². The van der Waals surface area contributed by atoms with Crippen molar-refractivity contribution in [2.45, 2.75) is 25.4 Å². The maximum absolute atomic E-state index is 14.6. The zero-order valence-electron chi connectivity index (χ0n) is 9.75. The van der Waals surface area contributed by atoms with Gasteiger partial charge in [0.2, 0.25) is 5.91 Å². The smallest absolute Gasteiger partial charge is 0.219 e. The number of hydrogen-bond donors (Lipinski definition) is 0. The van der Waals surface area contributed by atoms with Crippen molar-refractivity contribution < 1.29 is 13.6 Å². The second-order valence-electron chi connectivity index (χ2n) is 4.48. The van der Waals surface area contributed by atoms with Crippen LogP contribution in [0.25, 0.3) is 0 Å². The maximum atomic E-state index is 14.6. The average Bonchev–Trinajstić information content (AvgIpc) is 2.30. The number of likely N-dealkylation sites (tertiary alicyclic amines) is 1.